The van der Waals surface area contributed by atoms with Gasteiger partial charge in [0.2, 0.25) is 5.91 Å². The van der Waals surface area contributed by atoms with Crippen molar-refractivity contribution in [2.24, 2.45) is 0 Å². The molecule has 0 aromatic carbocycles. The molecule has 0 aliphatic rings. The van der Waals surface area contributed by atoms with Gasteiger partial charge in [0.25, 0.3) is 0 Å². The number of hydrogen-bond donors (Lipinski definition) is 3. The van der Waals surface area contributed by atoms with E-state index in [0.717, 1.165) is 5.56 Å². The van der Waals surface area contributed by atoms with E-state index < -0.39 is 6.03 Å². The first-order valence-corrected chi connectivity index (χ1v) is 5.36. The smallest absolute Gasteiger partial charge is 0.320 e. The van der Waals surface area contributed by atoms with Gasteiger partial charge in [-0.2, -0.15) is 0 Å². The van der Waals surface area contributed by atoms with Crippen LogP contribution in [0.1, 0.15) is 12.5 Å². The molecule has 92 valence electrons. The summed E-state index contributed by atoms with van der Waals surface area (Å²) in [5, 5.41) is 7.53. The van der Waals surface area contributed by atoms with E-state index in [1.165, 1.54) is 0 Å². The summed E-state index contributed by atoms with van der Waals surface area (Å²) >= 11 is 0. The Morgan fingerprint density at radius 3 is 2.65 bits per heavy atom. The van der Waals surface area contributed by atoms with Crippen LogP contribution < -0.4 is 16.0 Å². The van der Waals surface area contributed by atoms with E-state index in [9.17, 15) is 9.59 Å². The molecule has 1 aromatic rings. The third-order valence-electron chi connectivity index (χ3n) is 1.94. The number of carbonyl (C=O) groups excluding carboxylic acids is 2. The van der Waals surface area contributed by atoms with E-state index in [-0.39, 0.29) is 12.5 Å². The zero-order valence-corrected chi connectivity index (χ0v) is 9.91. The largest absolute Gasteiger partial charge is 0.355 e. The lowest BCUT2D eigenvalue weighted by Crippen LogP contribution is -2.38. The summed E-state index contributed by atoms with van der Waals surface area (Å²) in [4.78, 5) is 26.4. The van der Waals surface area contributed by atoms with Crippen molar-refractivity contribution < 1.29 is 9.59 Å². The second-order valence-electron chi connectivity index (χ2n) is 3.48. The Morgan fingerprint density at radius 2 is 2.06 bits per heavy atom. The topological polar surface area (TPSA) is 83.1 Å². The van der Waals surface area contributed by atoms with Gasteiger partial charge in [-0.3, -0.25) is 10.1 Å². The van der Waals surface area contributed by atoms with Crippen LogP contribution in [0.4, 0.5) is 10.6 Å². The molecule has 0 fully saturated rings. The van der Waals surface area contributed by atoms with Gasteiger partial charge in [0.1, 0.15) is 5.82 Å². The van der Waals surface area contributed by atoms with Gasteiger partial charge in [0.05, 0.1) is 6.54 Å². The number of hydrogen-bond acceptors (Lipinski definition) is 3. The van der Waals surface area contributed by atoms with Crippen LogP contribution in [0.15, 0.2) is 18.3 Å². The Hall–Kier alpha value is -2.11. The zero-order chi connectivity index (χ0) is 12.7. The molecule has 1 aromatic heterocycles. The highest BCUT2D eigenvalue weighted by molar-refractivity contribution is 5.91. The van der Waals surface area contributed by atoms with Crippen molar-refractivity contribution >= 4 is 17.8 Å². The lowest BCUT2D eigenvalue weighted by molar-refractivity contribution is -0.119. The highest BCUT2D eigenvalue weighted by Gasteiger charge is 2.04. The second kappa shape index (κ2) is 6.47. The molecule has 3 N–H and O–H groups in total. The number of nitrogens with one attached hydrogen (secondary N) is 3. The molecule has 17 heavy (non-hydrogen) atoms. The molecule has 0 aliphatic carbocycles. The summed E-state index contributed by atoms with van der Waals surface area (Å²) in [6, 6.07) is 3.08. The van der Waals surface area contributed by atoms with Crippen molar-refractivity contribution in [3.8, 4) is 0 Å². The Morgan fingerprint density at radius 1 is 1.29 bits per heavy atom. The van der Waals surface area contributed by atoms with E-state index in [0.29, 0.717) is 12.4 Å². The van der Waals surface area contributed by atoms with Crippen LogP contribution in [0, 0.1) is 6.92 Å². The first-order valence-electron chi connectivity index (χ1n) is 5.36. The summed E-state index contributed by atoms with van der Waals surface area (Å²) in [5.74, 6) is 0.225. The second-order valence-corrected chi connectivity index (χ2v) is 3.48. The normalized spacial score (nSPS) is 9.53. The van der Waals surface area contributed by atoms with Gasteiger partial charge in [0.15, 0.2) is 0 Å². The molecular weight excluding hydrogens is 220 g/mol. The summed E-state index contributed by atoms with van der Waals surface area (Å²) in [6.45, 7) is 4.22. The minimum absolute atomic E-state index is 0.0501. The lowest BCUT2D eigenvalue weighted by Gasteiger charge is -2.06. The first-order chi connectivity index (χ1) is 8.11. The van der Waals surface area contributed by atoms with Gasteiger partial charge in [-0.05, 0) is 25.5 Å². The average molecular weight is 236 g/mol. The Balaban J connectivity index is 2.34. The molecule has 0 atom stereocenters. The van der Waals surface area contributed by atoms with Gasteiger partial charge in [0, 0.05) is 12.7 Å². The number of aromatic nitrogens is 1. The van der Waals surface area contributed by atoms with Crippen LogP contribution in [-0.2, 0) is 4.79 Å². The van der Waals surface area contributed by atoms with Crippen LogP contribution in [-0.4, -0.2) is 30.0 Å². The van der Waals surface area contributed by atoms with E-state index in [4.69, 9.17) is 0 Å². The van der Waals surface area contributed by atoms with Crippen LogP contribution in [0.3, 0.4) is 0 Å². The molecular formula is C11H16N4O2. The molecule has 0 saturated carbocycles. The molecule has 3 amide bonds. The van der Waals surface area contributed by atoms with Gasteiger partial charge >= 0.3 is 6.03 Å². The minimum Gasteiger partial charge on any atom is -0.355 e. The van der Waals surface area contributed by atoms with Gasteiger partial charge in [-0.15, -0.1) is 0 Å². The minimum atomic E-state index is -0.451. The van der Waals surface area contributed by atoms with Gasteiger partial charge in [-0.1, -0.05) is 6.07 Å². The van der Waals surface area contributed by atoms with Crippen molar-refractivity contribution in [1.82, 2.24) is 15.6 Å². The Kier molecular flexibility index (Phi) is 4.93. The number of urea groups is 1. The first kappa shape index (κ1) is 13.0. The number of aryl methyl sites for hydroxylation is 1. The fourth-order valence-corrected chi connectivity index (χ4v) is 1.12. The van der Waals surface area contributed by atoms with Crippen molar-refractivity contribution in [2.45, 2.75) is 13.8 Å². The number of likely N-dealkylation sites (N-methyl/N-ethyl adjacent to an activating group) is 1. The molecule has 6 heteroatoms. The average Bonchev–Trinajstić information content (AvgIpc) is 2.30. The number of nitrogens with zero attached hydrogens (tertiary/aromatic N) is 1. The van der Waals surface area contributed by atoms with Crippen LogP contribution in [0.25, 0.3) is 0 Å². The van der Waals surface area contributed by atoms with Crippen molar-refractivity contribution in [2.75, 3.05) is 18.4 Å². The van der Waals surface area contributed by atoms with Crippen molar-refractivity contribution in [3.05, 3.63) is 23.9 Å². The zero-order valence-electron chi connectivity index (χ0n) is 9.91. The van der Waals surface area contributed by atoms with Gasteiger partial charge in [-0.25, -0.2) is 9.78 Å². The maximum atomic E-state index is 11.4. The van der Waals surface area contributed by atoms with E-state index >= 15 is 0 Å². The quantitative estimate of drug-likeness (QED) is 0.717. The third kappa shape index (κ3) is 4.96. The Bertz CT molecular complexity index is 389. The number of rotatable bonds is 4. The summed E-state index contributed by atoms with van der Waals surface area (Å²) in [6.07, 6.45) is 1.65. The van der Waals surface area contributed by atoms with Crippen molar-refractivity contribution in [3.63, 3.8) is 0 Å². The summed E-state index contributed by atoms with van der Waals surface area (Å²) < 4.78 is 0. The maximum Gasteiger partial charge on any atom is 0.320 e. The fourth-order valence-electron chi connectivity index (χ4n) is 1.12. The number of amides is 3. The molecule has 6 nitrogen and oxygen atoms in total. The lowest BCUT2D eigenvalue weighted by atomic mass is 10.3. The number of carbonyl (C=O) groups is 2. The standard InChI is InChI=1S/C11H16N4O2/c1-3-12-10(16)7-14-11(17)15-9-5-4-8(2)6-13-9/h4-6H,3,7H2,1-2H3,(H,12,16)(H2,13,14,15,17). The van der Waals surface area contributed by atoms with Crippen LogP contribution in [0.2, 0.25) is 0 Å². The van der Waals surface area contributed by atoms with E-state index in [2.05, 4.69) is 20.9 Å². The molecule has 0 unspecified atom stereocenters. The number of anilines is 1. The molecule has 0 radical (unpaired) electrons. The van der Waals surface area contributed by atoms with Crippen molar-refractivity contribution in [1.29, 1.82) is 0 Å². The summed E-state index contributed by atoms with van der Waals surface area (Å²) in [5.41, 5.74) is 1.01. The molecule has 0 aliphatic heterocycles. The monoisotopic (exact) mass is 236 g/mol. The predicted octanol–water partition coefficient (Wildman–Crippen LogP) is 0.648. The molecule has 1 rings (SSSR count). The van der Waals surface area contributed by atoms with Crippen LogP contribution >= 0.6 is 0 Å². The molecule has 0 bridgehead atoms. The molecule has 0 spiro atoms. The molecule has 1 heterocycles. The fraction of sp³-hybridized carbons (Fsp3) is 0.364. The molecule has 0 saturated heterocycles. The number of pyridine rings is 1. The summed E-state index contributed by atoms with van der Waals surface area (Å²) in [7, 11) is 0. The van der Waals surface area contributed by atoms with Crippen LogP contribution in [0.5, 0.6) is 0 Å². The third-order valence-corrected chi connectivity index (χ3v) is 1.94. The predicted molar refractivity (Wildman–Crippen MR) is 64.7 cm³/mol. The Labute approximate surface area is 99.8 Å². The van der Waals surface area contributed by atoms with Gasteiger partial charge < -0.3 is 10.6 Å². The van der Waals surface area contributed by atoms with E-state index in [1.807, 2.05) is 19.9 Å². The van der Waals surface area contributed by atoms with E-state index in [1.54, 1.807) is 12.3 Å². The maximum absolute atomic E-state index is 11.4. The SMILES string of the molecule is CCNC(=O)CNC(=O)Nc1ccc(C)cn1. The highest BCUT2D eigenvalue weighted by Crippen LogP contribution is 2.02. The highest BCUT2D eigenvalue weighted by atomic mass is 16.2.